The first-order valence-electron chi connectivity index (χ1n) is 5.31. The van der Waals surface area contributed by atoms with Crippen molar-refractivity contribution < 1.29 is 0 Å². The van der Waals surface area contributed by atoms with Crippen LogP contribution >= 0.6 is 0 Å². The van der Waals surface area contributed by atoms with Crippen LogP contribution in [0.4, 0.5) is 0 Å². The zero-order chi connectivity index (χ0) is 8.98. The van der Waals surface area contributed by atoms with Crippen molar-refractivity contribution in [3.63, 3.8) is 0 Å². The predicted octanol–water partition coefficient (Wildman–Crippen LogP) is 3.67. The van der Waals surface area contributed by atoms with E-state index in [4.69, 9.17) is 0 Å². The third-order valence-corrected chi connectivity index (χ3v) is 5.32. The molecular weight excluding hydrogens is 144 g/mol. The van der Waals surface area contributed by atoms with Gasteiger partial charge in [0.05, 0.1) is 0 Å². The van der Waals surface area contributed by atoms with E-state index in [1.54, 1.807) is 0 Å². The Morgan fingerprint density at radius 1 is 1.33 bits per heavy atom. The van der Waals surface area contributed by atoms with E-state index in [0.717, 1.165) is 18.3 Å². The summed E-state index contributed by atoms with van der Waals surface area (Å²) in [4.78, 5) is 0. The Kier molecular flexibility index (Phi) is 1.63. The standard InChI is InChI=1S/C12H21/c1-5-9-8-10-6-7-12(9,4)11(10,2)3/h9-10H,1,5-8H2,2-4H3. The Morgan fingerprint density at radius 2 is 2.00 bits per heavy atom. The van der Waals surface area contributed by atoms with E-state index in [1.165, 1.54) is 19.3 Å². The normalized spacial score (nSPS) is 50.0. The first-order valence-corrected chi connectivity index (χ1v) is 5.31. The maximum absolute atomic E-state index is 4.10. The average Bonchev–Trinajstić information content (AvgIpc) is 2.34. The fourth-order valence-corrected chi connectivity index (χ4v) is 3.81. The van der Waals surface area contributed by atoms with Crippen molar-refractivity contribution in [1.82, 2.24) is 0 Å². The van der Waals surface area contributed by atoms with Gasteiger partial charge in [-0.25, -0.2) is 0 Å². The van der Waals surface area contributed by atoms with E-state index in [0.29, 0.717) is 10.8 Å². The second-order valence-corrected chi connectivity index (χ2v) is 5.60. The quantitative estimate of drug-likeness (QED) is 0.556. The molecule has 0 N–H and O–H groups in total. The van der Waals surface area contributed by atoms with Gasteiger partial charge in [-0.1, -0.05) is 27.7 Å². The van der Waals surface area contributed by atoms with Crippen LogP contribution in [0.25, 0.3) is 0 Å². The molecule has 0 saturated heterocycles. The van der Waals surface area contributed by atoms with E-state index in [9.17, 15) is 0 Å². The van der Waals surface area contributed by atoms with Gasteiger partial charge in [0.15, 0.2) is 0 Å². The number of hydrogen-bond acceptors (Lipinski definition) is 0. The molecule has 0 aromatic rings. The first-order chi connectivity index (χ1) is 5.52. The van der Waals surface area contributed by atoms with Gasteiger partial charge in [-0.2, -0.15) is 0 Å². The minimum Gasteiger partial charge on any atom is -0.0591 e. The van der Waals surface area contributed by atoms with Gasteiger partial charge in [0.25, 0.3) is 0 Å². The van der Waals surface area contributed by atoms with Gasteiger partial charge < -0.3 is 0 Å². The van der Waals surface area contributed by atoms with Gasteiger partial charge in [-0.15, -0.1) is 0 Å². The molecule has 0 nitrogen and oxygen atoms in total. The molecule has 69 valence electrons. The lowest BCUT2D eigenvalue weighted by atomic mass is 9.66. The Labute approximate surface area is 76.7 Å². The van der Waals surface area contributed by atoms with E-state index < -0.39 is 0 Å². The Balaban J connectivity index is 2.33. The summed E-state index contributed by atoms with van der Waals surface area (Å²) in [5.74, 6) is 1.90. The molecule has 2 aliphatic carbocycles. The maximum atomic E-state index is 4.10. The van der Waals surface area contributed by atoms with Crippen molar-refractivity contribution in [1.29, 1.82) is 0 Å². The third-order valence-electron chi connectivity index (χ3n) is 5.32. The fraction of sp³-hybridized carbons (Fsp3) is 0.917. The maximum Gasteiger partial charge on any atom is -0.0243 e. The third kappa shape index (κ3) is 0.744. The highest BCUT2D eigenvalue weighted by Crippen LogP contribution is 2.68. The summed E-state index contributed by atoms with van der Waals surface area (Å²) in [7, 11) is 0. The lowest BCUT2D eigenvalue weighted by molar-refractivity contribution is 0.104. The van der Waals surface area contributed by atoms with Crippen LogP contribution in [0, 0.1) is 29.6 Å². The predicted molar refractivity (Wildman–Crippen MR) is 52.7 cm³/mol. The number of fused-ring (bicyclic) bond motifs is 2. The molecule has 0 aliphatic heterocycles. The highest BCUT2D eigenvalue weighted by molar-refractivity contribution is 5.09. The minimum atomic E-state index is 0.593. The van der Waals surface area contributed by atoms with E-state index in [-0.39, 0.29) is 0 Å². The molecule has 0 spiro atoms. The smallest absolute Gasteiger partial charge is 0.0243 e. The summed E-state index contributed by atoms with van der Waals surface area (Å²) in [6, 6.07) is 0. The second kappa shape index (κ2) is 2.27. The van der Waals surface area contributed by atoms with Gasteiger partial charge >= 0.3 is 0 Å². The molecule has 0 amide bonds. The van der Waals surface area contributed by atoms with Crippen LogP contribution in [-0.4, -0.2) is 0 Å². The molecule has 0 heteroatoms. The molecule has 2 fully saturated rings. The SMILES string of the molecule is [CH2]CC1CC2CCC1(C)C2(C)C. The minimum absolute atomic E-state index is 0.593. The Morgan fingerprint density at radius 3 is 2.25 bits per heavy atom. The average molecular weight is 165 g/mol. The summed E-state index contributed by atoms with van der Waals surface area (Å²) in [6.45, 7) is 11.5. The van der Waals surface area contributed by atoms with Crippen LogP contribution in [0.2, 0.25) is 0 Å². The summed E-state index contributed by atoms with van der Waals surface area (Å²) in [6.07, 6.45) is 5.52. The second-order valence-electron chi connectivity index (χ2n) is 5.60. The summed E-state index contributed by atoms with van der Waals surface area (Å²) in [5.41, 5.74) is 1.20. The molecule has 0 aromatic carbocycles. The zero-order valence-electron chi connectivity index (χ0n) is 8.69. The summed E-state index contributed by atoms with van der Waals surface area (Å²) in [5, 5.41) is 0. The molecule has 1 radical (unpaired) electrons. The molecule has 0 heterocycles. The van der Waals surface area contributed by atoms with Crippen molar-refractivity contribution in [2.45, 2.75) is 46.5 Å². The Bertz CT molecular complexity index is 192. The van der Waals surface area contributed by atoms with Crippen LogP contribution in [0.1, 0.15) is 46.5 Å². The van der Waals surface area contributed by atoms with Crippen molar-refractivity contribution in [3.05, 3.63) is 6.92 Å². The van der Waals surface area contributed by atoms with Crippen molar-refractivity contribution in [3.8, 4) is 0 Å². The molecule has 2 saturated carbocycles. The van der Waals surface area contributed by atoms with Crippen LogP contribution in [0.5, 0.6) is 0 Å². The Hall–Kier alpha value is 0. The van der Waals surface area contributed by atoms with Gasteiger partial charge in [-0.3, -0.25) is 0 Å². The zero-order valence-corrected chi connectivity index (χ0v) is 8.69. The molecule has 3 unspecified atom stereocenters. The van der Waals surface area contributed by atoms with Gasteiger partial charge in [0.1, 0.15) is 0 Å². The molecule has 2 rings (SSSR count). The van der Waals surface area contributed by atoms with Crippen LogP contribution in [0.3, 0.4) is 0 Å². The topological polar surface area (TPSA) is 0 Å². The van der Waals surface area contributed by atoms with Crippen LogP contribution in [0.15, 0.2) is 0 Å². The number of rotatable bonds is 1. The molecule has 0 aromatic heterocycles. The molecule has 12 heavy (non-hydrogen) atoms. The highest BCUT2D eigenvalue weighted by Gasteiger charge is 2.60. The highest BCUT2D eigenvalue weighted by atomic mass is 14.6. The van der Waals surface area contributed by atoms with Crippen molar-refractivity contribution >= 4 is 0 Å². The lowest BCUT2D eigenvalue weighted by Gasteiger charge is -2.39. The molecular formula is C12H21. The first kappa shape index (κ1) is 8.59. The van der Waals surface area contributed by atoms with Crippen molar-refractivity contribution in [2.75, 3.05) is 0 Å². The monoisotopic (exact) mass is 165 g/mol. The lowest BCUT2D eigenvalue weighted by Crippen LogP contribution is -2.31. The fourth-order valence-electron chi connectivity index (χ4n) is 3.81. The molecule has 2 aliphatic rings. The van der Waals surface area contributed by atoms with Gasteiger partial charge in [0.2, 0.25) is 0 Å². The molecule has 3 atom stereocenters. The van der Waals surface area contributed by atoms with Crippen molar-refractivity contribution in [2.24, 2.45) is 22.7 Å². The van der Waals surface area contributed by atoms with E-state index >= 15 is 0 Å². The van der Waals surface area contributed by atoms with Gasteiger partial charge in [0, 0.05) is 0 Å². The summed E-state index contributed by atoms with van der Waals surface area (Å²) < 4.78 is 0. The van der Waals surface area contributed by atoms with E-state index in [1.807, 2.05) is 0 Å². The summed E-state index contributed by atoms with van der Waals surface area (Å²) >= 11 is 0. The van der Waals surface area contributed by atoms with Crippen LogP contribution < -0.4 is 0 Å². The van der Waals surface area contributed by atoms with Gasteiger partial charge in [-0.05, 0) is 48.3 Å². The number of hydrogen-bond donors (Lipinski definition) is 0. The molecule has 2 bridgehead atoms. The largest absolute Gasteiger partial charge is 0.0591 e. The van der Waals surface area contributed by atoms with Crippen LogP contribution in [-0.2, 0) is 0 Å². The van der Waals surface area contributed by atoms with E-state index in [2.05, 4.69) is 27.7 Å².